The number of hydrogen-bond acceptors (Lipinski definition) is 2. The van der Waals surface area contributed by atoms with Crippen molar-refractivity contribution in [2.45, 2.75) is 33.6 Å². The first-order chi connectivity index (χ1) is 11.5. The third-order valence-corrected chi connectivity index (χ3v) is 3.85. The molecule has 0 amide bonds. The second-order valence-electron chi connectivity index (χ2n) is 5.92. The molecule has 0 spiro atoms. The highest BCUT2D eigenvalue weighted by atomic mass is 16.1. The maximum absolute atomic E-state index is 11.4. The Kier molecular flexibility index (Phi) is 6.07. The summed E-state index contributed by atoms with van der Waals surface area (Å²) in [7, 11) is 0. The fraction of sp³-hybridized carbons (Fsp3) is 0.238. The highest BCUT2D eigenvalue weighted by Gasteiger charge is 2.10. The van der Waals surface area contributed by atoms with Gasteiger partial charge in [-0.1, -0.05) is 48.6 Å². The zero-order valence-electron chi connectivity index (χ0n) is 14.6. The summed E-state index contributed by atoms with van der Waals surface area (Å²) in [4.78, 5) is 16.0. The molecule has 1 aromatic rings. The van der Waals surface area contributed by atoms with Gasteiger partial charge in [0.15, 0.2) is 5.78 Å². The third-order valence-electron chi connectivity index (χ3n) is 3.85. The van der Waals surface area contributed by atoms with Crippen molar-refractivity contribution in [2.75, 3.05) is 0 Å². The number of Topliss-reactive ketones (excluding diaryl/α,β-unsaturated/α-hetero) is 1. The van der Waals surface area contributed by atoms with E-state index < -0.39 is 0 Å². The number of benzene rings is 1. The lowest BCUT2D eigenvalue weighted by Gasteiger charge is -2.15. The number of allylic oxidation sites excluding steroid dienone is 6. The molecule has 1 aliphatic rings. The van der Waals surface area contributed by atoms with E-state index in [0.717, 1.165) is 41.2 Å². The lowest BCUT2D eigenvalue weighted by Crippen LogP contribution is -2.21. The molecule has 0 unspecified atom stereocenters. The molecule has 3 heteroatoms. The van der Waals surface area contributed by atoms with E-state index in [1.54, 1.807) is 13.0 Å². The van der Waals surface area contributed by atoms with Crippen molar-refractivity contribution in [3.63, 3.8) is 0 Å². The van der Waals surface area contributed by atoms with Crippen molar-refractivity contribution in [3.05, 3.63) is 77.5 Å². The monoisotopic (exact) mass is 320 g/mol. The van der Waals surface area contributed by atoms with E-state index in [0.29, 0.717) is 0 Å². The number of aryl methyl sites for hydroxylation is 1. The van der Waals surface area contributed by atoms with Crippen molar-refractivity contribution < 1.29 is 4.79 Å². The smallest absolute Gasteiger partial charge is 0.155 e. The molecule has 0 bridgehead atoms. The molecule has 0 fully saturated rings. The van der Waals surface area contributed by atoms with Gasteiger partial charge < -0.3 is 5.32 Å². The average Bonchev–Trinajstić information content (AvgIpc) is 2.55. The second-order valence-corrected chi connectivity index (χ2v) is 5.92. The van der Waals surface area contributed by atoms with E-state index in [2.05, 4.69) is 48.1 Å². The van der Waals surface area contributed by atoms with E-state index in [1.807, 2.05) is 25.2 Å². The molecule has 2 rings (SSSR count). The molecule has 3 nitrogen and oxygen atoms in total. The highest BCUT2D eigenvalue weighted by molar-refractivity contribution is 5.94. The molecule has 0 heterocycles. The number of ketones is 1. The number of nitrogens with zero attached hydrogens (tertiary/aromatic N) is 1. The summed E-state index contributed by atoms with van der Waals surface area (Å²) in [5.74, 6) is 0.959. The van der Waals surface area contributed by atoms with Crippen LogP contribution in [0, 0.1) is 6.92 Å². The Balaban J connectivity index is 2.16. The van der Waals surface area contributed by atoms with Crippen molar-refractivity contribution >= 4 is 17.3 Å². The molecule has 1 N–H and O–H groups in total. The first-order valence-electron chi connectivity index (χ1n) is 8.12. The van der Waals surface area contributed by atoms with Crippen molar-refractivity contribution in [3.8, 4) is 0 Å². The Hall–Kier alpha value is -2.68. The molecule has 1 aliphatic carbocycles. The van der Waals surface area contributed by atoms with E-state index >= 15 is 0 Å². The Morgan fingerprint density at radius 2 is 1.88 bits per heavy atom. The van der Waals surface area contributed by atoms with Crippen LogP contribution in [-0.4, -0.2) is 11.6 Å². The first kappa shape index (κ1) is 17.7. The summed E-state index contributed by atoms with van der Waals surface area (Å²) in [5, 5.41) is 3.33. The molecule has 124 valence electrons. The number of carbonyl (C=O) groups is 1. The molecule has 0 aromatic heterocycles. The summed E-state index contributed by atoms with van der Waals surface area (Å²) in [6.07, 6.45) is 9.09. The van der Waals surface area contributed by atoms with Gasteiger partial charge in [-0.05, 0) is 51.3 Å². The SMILES string of the molecule is C=C/C=C(\N=C(C)NC1=CC=C(C(C)=O)CC1)c1ccc(C)cc1. The van der Waals surface area contributed by atoms with E-state index in [-0.39, 0.29) is 5.78 Å². The zero-order valence-corrected chi connectivity index (χ0v) is 14.6. The number of aliphatic imine (C=N–C) groups is 1. The van der Waals surface area contributed by atoms with Crippen LogP contribution in [0.4, 0.5) is 0 Å². The van der Waals surface area contributed by atoms with Crippen molar-refractivity contribution in [1.82, 2.24) is 5.32 Å². The minimum absolute atomic E-state index is 0.145. The van der Waals surface area contributed by atoms with Gasteiger partial charge in [-0.25, -0.2) is 4.99 Å². The summed E-state index contributed by atoms with van der Waals surface area (Å²) >= 11 is 0. The lowest BCUT2D eigenvalue weighted by molar-refractivity contribution is -0.113. The van der Waals surface area contributed by atoms with Crippen LogP contribution < -0.4 is 5.32 Å². The molecule has 0 saturated carbocycles. The number of carbonyl (C=O) groups excluding carboxylic acids is 1. The molecule has 0 radical (unpaired) electrons. The van der Waals surface area contributed by atoms with Gasteiger partial charge >= 0.3 is 0 Å². The molecular weight excluding hydrogens is 296 g/mol. The van der Waals surface area contributed by atoms with Gasteiger partial charge in [-0.15, -0.1) is 0 Å². The van der Waals surface area contributed by atoms with Crippen LogP contribution in [0.15, 0.2) is 71.4 Å². The number of nitrogens with one attached hydrogen (secondary N) is 1. The van der Waals surface area contributed by atoms with Gasteiger partial charge in [-0.3, -0.25) is 4.79 Å². The number of hydrogen-bond donors (Lipinski definition) is 1. The molecular formula is C21H24N2O. The minimum Gasteiger partial charge on any atom is -0.347 e. The molecule has 0 aliphatic heterocycles. The maximum Gasteiger partial charge on any atom is 0.155 e. The standard InChI is InChI=1S/C21H24N2O/c1-5-6-21(19-9-7-15(2)8-10-19)23-17(4)22-20-13-11-18(12-14-20)16(3)24/h5-11,13H,1,12,14H2,2-4H3,(H,22,23)/b21-6-. The molecule has 0 atom stereocenters. The van der Waals surface area contributed by atoms with Crippen LogP contribution in [0.5, 0.6) is 0 Å². The quantitative estimate of drug-likeness (QED) is 0.484. The van der Waals surface area contributed by atoms with Crippen LogP contribution in [0.2, 0.25) is 0 Å². The third kappa shape index (κ3) is 4.92. The Morgan fingerprint density at radius 3 is 2.42 bits per heavy atom. The van der Waals surface area contributed by atoms with Gasteiger partial charge in [0.1, 0.15) is 5.84 Å². The van der Waals surface area contributed by atoms with Gasteiger partial charge in [0, 0.05) is 11.3 Å². The predicted octanol–water partition coefficient (Wildman–Crippen LogP) is 4.72. The van der Waals surface area contributed by atoms with Crippen LogP contribution in [0.25, 0.3) is 5.70 Å². The summed E-state index contributed by atoms with van der Waals surface area (Å²) in [6.45, 7) is 9.39. The van der Waals surface area contributed by atoms with Gasteiger partial charge in [0.2, 0.25) is 0 Å². The molecule has 24 heavy (non-hydrogen) atoms. The first-order valence-corrected chi connectivity index (χ1v) is 8.12. The van der Waals surface area contributed by atoms with Gasteiger partial charge in [-0.2, -0.15) is 0 Å². The maximum atomic E-state index is 11.4. The summed E-state index contributed by atoms with van der Waals surface area (Å²) in [6, 6.07) is 8.26. The summed E-state index contributed by atoms with van der Waals surface area (Å²) in [5.41, 5.74) is 5.09. The second kappa shape index (κ2) is 8.25. The molecule has 1 aromatic carbocycles. The van der Waals surface area contributed by atoms with Gasteiger partial charge in [0.25, 0.3) is 0 Å². The highest BCUT2D eigenvalue weighted by Crippen LogP contribution is 2.19. The van der Waals surface area contributed by atoms with Crippen LogP contribution >= 0.6 is 0 Å². The fourth-order valence-corrected chi connectivity index (χ4v) is 2.51. The van der Waals surface area contributed by atoms with Crippen molar-refractivity contribution in [2.24, 2.45) is 4.99 Å². The Labute approximate surface area is 144 Å². The Morgan fingerprint density at radius 1 is 1.17 bits per heavy atom. The average molecular weight is 320 g/mol. The van der Waals surface area contributed by atoms with Crippen LogP contribution in [0.3, 0.4) is 0 Å². The Bertz CT molecular complexity index is 747. The lowest BCUT2D eigenvalue weighted by atomic mass is 10.00. The number of rotatable bonds is 5. The van der Waals surface area contributed by atoms with Crippen LogP contribution in [-0.2, 0) is 4.79 Å². The topological polar surface area (TPSA) is 41.5 Å². The zero-order chi connectivity index (χ0) is 17.5. The van der Waals surface area contributed by atoms with E-state index in [1.165, 1.54) is 5.56 Å². The van der Waals surface area contributed by atoms with E-state index in [9.17, 15) is 4.79 Å². The van der Waals surface area contributed by atoms with Crippen LogP contribution in [0.1, 0.15) is 37.8 Å². The fourth-order valence-electron chi connectivity index (χ4n) is 2.51. The summed E-state index contributed by atoms with van der Waals surface area (Å²) < 4.78 is 0. The molecule has 0 saturated heterocycles. The van der Waals surface area contributed by atoms with Gasteiger partial charge in [0.05, 0.1) is 5.70 Å². The van der Waals surface area contributed by atoms with E-state index in [4.69, 9.17) is 0 Å². The number of amidine groups is 1. The largest absolute Gasteiger partial charge is 0.347 e. The minimum atomic E-state index is 0.145. The predicted molar refractivity (Wildman–Crippen MR) is 102 cm³/mol. The normalized spacial score (nSPS) is 15.5. The van der Waals surface area contributed by atoms with Crippen molar-refractivity contribution in [1.29, 1.82) is 0 Å².